The Labute approximate surface area is 120 Å². The first-order valence-electron chi connectivity index (χ1n) is 6.46. The van der Waals surface area contributed by atoms with Crippen LogP contribution in [0.3, 0.4) is 0 Å². The average Bonchev–Trinajstić information content (AvgIpc) is 2.47. The van der Waals surface area contributed by atoms with E-state index in [1.54, 1.807) is 19.2 Å². The van der Waals surface area contributed by atoms with Gasteiger partial charge >= 0.3 is 0 Å². The highest BCUT2D eigenvalue weighted by Crippen LogP contribution is 2.24. The Hall–Kier alpha value is -1.81. The summed E-state index contributed by atoms with van der Waals surface area (Å²) in [6.07, 6.45) is 0.600. The molecule has 0 aliphatic carbocycles. The maximum Gasteiger partial charge on any atom is 0.179 e. The molecule has 2 aromatic rings. The number of hydrogen-bond acceptors (Lipinski definition) is 3. The lowest BCUT2D eigenvalue weighted by Gasteiger charge is -2.06. The molecule has 105 valence electrons. The van der Waals surface area contributed by atoms with Crippen molar-refractivity contribution in [1.82, 2.24) is 0 Å². The van der Waals surface area contributed by atoms with Crippen LogP contribution in [0.2, 0.25) is 0 Å². The van der Waals surface area contributed by atoms with Crippen molar-refractivity contribution >= 4 is 9.84 Å². The van der Waals surface area contributed by atoms with Crippen LogP contribution >= 0.6 is 0 Å². The van der Waals surface area contributed by atoms with Gasteiger partial charge in [0, 0.05) is 6.07 Å². The molecule has 1 radical (unpaired) electrons. The van der Waals surface area contributed by atoms with Crippen LogP contribution in [0, 0.1) is 6.07 Å². The van der Waals surface area contributed by atoms with Gasteiger partial charge in [-0.3, -0.25) is 0 Å². The van der Waals surface area contributed by atoms with Crippen molar-refractivity contribution < 1.29 is 13.2 Å². The molecule has 2 rings (SSSR count). The number of ether oxygens (including phenoxy) is 1. The van der Waals surface area contributed by atoms with Crippen LogP contribution in [-0.4, -0.2) is 21.3 Å². The SMILES string of the molecule is CCCS(=O)(=O)c1[c]c(-c2ccc(OC)cc2)ccc1. The van der Waals surface area contributed by atoms with Crippen molar-refractivity contribution in [3.63, 3.8) is 0 Å². The molecule has 0 unspecified atom stereocenters. The van der Waals surface area contributed by atoms with Gasteiger partial charge in [0.15, 0.2) is 9.84 Å². The van der Waals surface area contributed by atoms with Crippen LogP contribution in [0.25, 0.3) is 11.1 Å². The fourth-order valence-corrected chi connectivity index (χ4v) is 3.26. The van der Waals surface area contributed by atoms with Gasteiger partial charge in [0.1, 0.15) is 5.75 Å². The van der Waals surface area contributed by atoms with Crippen LogP contribution in [0.5, 0.6) is 5.75 Å². The fourth-order valence-electron chi connectivity index (χ4n) is 1.95. The molecule has 0 amide bonds. The molecule has 4 heteroatoms. The molecular formula is C16H17O3S. The fraction of sp³-hybridized carbons (Fsp3) is 0.250. The van der Waals surface area contributed by atoms with E-state index in [4.69, 9.17) is 4.74 Å². The number of rotatable bonds is 5. The van der Waals surface area contributed by atoms with Crippen LogP contribution in [0.15, 0.2) is 47.4 Å². The van der Waals surface area contributed by atoms with Gasteiger partial charge in [-0.1, -0.05) is 31.2 Å². The monoisotopic (exact) mass is 289 g/mol. The Morgan fingerprint density at radius 3 is 2.40 bits per heavy atom. The molecule has 0 saturated heterocycles. The summed E-state index contributed by atoms with van der Waals surface area (Å²) in [5.41, 5.74) is 1.68. The van der Waals surface area contributed by atoms with E-state index in [0.717, 1.165) is 16.9 Å². The van der Waals surface area contributed by atoms with Crippen molar-refractivity contribution in [2.75, 3.05) is 12.9 Å². The summed E-state index contributed by atoms with van der Waals surface area (Å²) in [6, 6.07) is 15.7. The van der Waals surface area contributed by atoms with Gasteiger partial charge < -0.3 is 4.74 Å². The standard InChI is InChI=1S/C16H17O3S/c1-3-11-20(17,18)16-6-4-5-14(12-16)13-7-9-15(19-2)10-8-13/h4-10H,3,11H2,1-2H3. The topological polar surface area (TPSA) is 43.4 Å². The van der Waals surface area contributed by atoms with E-state index in [-0.39, 0.29) is 10.6 Å². The molecular weight excluding hydrogens is 272 g/mol. The maximum atomic E-state index is 12.1. The van der Waals surface area contributed by atoms with Crippen molar-refractivity contribution in [2.45, 2.75) is 18.2 Å². The predicted molar refractivity (Wildman–Crippen MR) is 79.6 cm³/mol. The van der Waals surface area contributed by atoms with E-state index < -0.39 is 9.84 Å². The van der Waals surface area contributed by atoms with Crippen molar-refractivity contribution in [2.24, 2.45) is 0 Å². The van der Waals surface area contributed by atoms with Gasteiger partial charge in [-0.25, -0.2) is 8.42 Å². The zero-order valence-corrected chi connectivity index (χ0v) is 12.4. The molecule has 0 atom stereocenters. The third-order valence-corrected chi connectivity index (χ3v) is 4.83. The molecule has 0 aliphatic rings. The largest absolute Gasteiger partial charge is 0.497 e. The summed E-state index contributed by atoms with van der Waals surface area (Å²) in [5.74, 6) is 0.916. The van der Waals surface area contributed by atoms with Gasteiger partial charge in [0.05, 0.1) is 17.8 Å². The molecule has 0 heterocycles. The minimum Gasteiger partial charge on any atom is -0.497 e. The summed E-state index contributed by atoms with van der Waals surface area (Å²) >= 11 is 0. The van der Waals surface area contributed by atoms with E-state index in [9.17, 15) is 8.42 Å². The lowest BCUT2D eigenvalue weighted by molar-refractivity contribution is 0.415. The zero-order valence-electron chi connectivity index (χ0n) is 11.6. The molecule has 0 spiro atoms. The van der Waals surface area contributed by atoms with Gasteiger partial charge in [0.2, 0.25) is 0 Å². The zero-order chi connectivity index (χ0) is 14.6. The van der Waals surface area contributed by atoms with Crippen LogP contribution in [0.1, 0.15) is 13.3 Å². The molecule has 0 saturated carbocycles. The molecule has 0 bridgehead atoms. The Bertz CT molecular complexity index is 673. The van der Waals surface area contributed by atoms with Gasteiger partial charge in [-0.2, -0.15) is 0 Å². The Morgan fingerprint density at radius 2 is 1.80 bits per heavy atom. The quantitative estimate of drug-likeness (QED) is 0.848. The highest BCUT2D eigenvalue weighted by molar-refractivity contribution is 7.91. The number of methoxy groups -OCH3 is 1. The second kappa shape index (κ2) is 6.09. The van der Waals surface area contributed by atoms with Crippen molar-refractivity contribution in [3.8, 4) is 16.9 Å². The number of hydrogen-bond donors (Lipinski definition) is 0. The summed E-state index contributed by atoms with van der Waals surface area (Å²) in [4.78, 5) is 0.257. The van der Waals surface area contributed by atoms with E-state index in [2.05, 4.69) is 6.07 Å². The molecule has 0 aliphatic heterocycles. The molecule has 0 aromatic heterocycles. The molecule has 2 aromatic carbocycles. The Morgan fingerprint density at radius 1 is 1.10 bits per heavy atom. The van der Waals surface area contributed by atoms with Crippen molar-refractivity contribution in [3.05, 3.63) is 48.5 Å². The van der Waals surface area contributed by atoms with Crippen LogP contribution < -0.4 is 4.74 Å². The summed E-state index contributed by atoms with van der Waals surface area (Å²) in [5, 5.41) is 0. The Kier molecular flexibility index (Phi) is 4.45. The van der Waals surface area contributed by atoms with Gasteiger partial charge in [-0.15, -0.1) is 0 Å². The van der Waals surface area contributed by atoms with E-state index >= 15 is 0 Å². The third-order valence-electron chi connectivity index (χ3n) is 2.98. The molecule has 0 N–H and O–H groups in total. The lowest BCUT2D eigenvalue weighted by Crippen LogP contribution is -2.06. The average molecular weight is 289 g/mol. The maximum absolute atomic E-state index is 12.1. The first-order valence-corrected chi connectivity index (χ1v) is 8.11. The minimum absolute atomic E-state index is 0.148. The highest BCUT2D eigenvalue weighted by atomic mass is 32.2. The second-order valence-electron chi connectivity index (χ2n) is 4.48. The molecule has 3 nitrogen and oxygen atoms in total. The minimum atomic E-state index is -3.23. The molecule has 20 heavy (non-hydrogen) atoms. The van der Waals surface area contributed by atoms with Gasteiger partial charge in [0.25, 0.3) is 0 Å². The second-order valence-corrected chi connectivity index (χ2v) is 6.55. The number of benzene rings is 2. The summed E-state index contributed by atoms with van der Waals surface area (Å²) in [6.45, 7) is 1.85. The first-order chi connectivity index (χ1) is 9.56. The lowest BCUT2D eigenvalue weighted by atomic mass is 10.1. The van der Waals surface area contributed by atoms with Crippen LogP contribution in [0.4, 0.5) is 0 Å². The van der Waals surface area contributed by atoms with E-state index in [0.29, 0.717) is 6.42 Å². The first kappa shape index (κ1) is 14.6. The normalized spacial score (nSPS) is 11.3. The van der Waals surface area contributed by atoms with E-state index in [1.807, 2.05) is 37.3 Å². The smallest absolute Gasteiger partial charge is 0.179 e. The van der Waals surface area contributed by atoms with Gasteiger partial charge in [-0.05, 0) is 35.7 Å². The predicted octanol–water partition coefficient (Wildman–Crippen LogP) is 3.35. The summed E-state index contributed by atoms with van der Waals surface area (Å²) < 4.78 is 29.2. The molecule has 0 fully saturated rings. The number of sulfone groups is 1. The third kappa shape index (κ3) is 3.20. The van der Waals surface area contributed by atoms with Crippen LogP contribution in [-0.2, 0) is 9.84 Å². The van der Waals surface area contributed by atoms with E-state index in [1.165, 1.54) is 0 Å². The highest BCUT2D eigenvalue weighted by Gasteiger charge is 2.14. The summed E-state index contributed by atoms with van der Waals surface area (Å²) in [7, 11) is -1.62. The Balaban J connectivity index is 2.38. The van der Waals surface area contributed by atoms with Crippen molar-refractivity contribution in [1.29, 1.82) is 0 Å².